The van der Waals surface area contributed by atoms with Crippen LogP contribution in [0.3, 0.4) is 0 Å². The molecule has 39 heavy (non-hydrogen) atoms. The van der Waals surface area contributed by atoms with Gasteiger partial charge in [-0.05, 0) is 53.8 Å². The van der Waals surface area contributed by atoms with Gasteiger partial charge in [0.25, 0.3) is 0 Å². The zero-order valence-electron chi connectivity index (χ0n) is 20.9. The molecule has 192 valence electrons. The van der Waals surface area contributed by atoms with Crippen molar-refractivity contribution in [2.75, 3.05) is 10.2 Å². The monoisotopic (exact) mass is 550 g/mol. The molecule has 1 N–H and O–H groups in total. The van der Waals surface area contributed by atoms with Crippen molar-refractivity contribution in [3.63, 3.8) is 0 Å². The minimum atomic E-state index is -1.32. The number of nitrogens with zero attached hydrogens (tertiary/aromatic N) is 1. The summed E-state index contributed by atoms with van der Waals surface area (Å²) in [6.45, 7) is 1.96. The van der Waals surface area contributed by atoms with Gasteiger partial charge in [-0.2, -0.15) is 0 Å². The molecule has 5 nitrogen and oxygen atoms in total. The van der Waals surface area contributed by atoms with Gasteiger partial charge >= 0.3 is 0 Å². The van der Waals surface area contributed by atoms with E-state index < -0.39 is 23.4 Å². The second-order valence-corrected chi connectivity index (χ2v) is 11.7. The Morgan fingerprint density at radius 2 is 1.77 bits per heavy atom. The molecule has 1 spiro atoms. The lowest BCUT2D eigenvalue weighted by molar-refractivity contribution is -0.121. The Balaban J connectivity index is 1.54. The minimum absolute atomic E-state index is 0.175. The van der Waals surface area contributed by atoms with Crippen LogP contribution in [0, 0.1) is 12.8 Å². The maximum absolute atomic E-state index is 14.7. The third-order valence-corrected chi connectivity index (χ3v) is 9.37. The van der Waals surface area contributed by atoms with Crippen molar-refractivity contribution in [1.82, 2.24) is 0 Å². The molecule has 1 fully saturated rings. The lowest BCUT2D eigenvalue weighted by Gasteiger charge is -2.37. The number of thiophene rings is 1. The van der Waals surface area contributed by atoms with Gasteiger partial charge in [0.05, 0.1) is 16.8 Å². The van der Waals surface area contributed by atoms with Crippen LogP contribution in [0.2, 0.25) is 5.02 Å². The second-order valence-electron chi connectivity index (χ2n) is 10.3. The molecule has 0 saturated carbocycles. The van der Waals surface area contributed by atoms with Crippen molar-refractivity contribution in [3.05, 3.63) is 122 Å². The number of aryl methyl sites for hydroxylation is 1. The Bertz CT molecular complexity index is 1690. The molecule has 0 aliphatic carbocycles. The number of benzene rings is 3. The molecule has 4 atom stereocenters. The van der Waals surface area contributed by atoms with E-state index in [-0.39, 0.29) is 17.5 Å². The first-order chi connectivity index (χ1) is 18.9. The van der Waals surface area contributed by atoms with E-state index in [1.807, 2.05) is 84.0 Å². The molecular weight excluding hydrogens is 528 g/mol. The molecule has 0 bridgehead atoms. The fourth-order valence-electron chi connectivity index (χ4n) is 6.61. The molecule has 1 aromatic heterocycles. The molecule has 0 unspecified atom stereocenters. The van der Waals surface area contributed by atoms with E-state index in [1.165, 1.54) is 11.3 Å². The van der Waals surface area contributed by atoms with Gasteiger partial charge < -0.3 is 10.2 Å². The normalized spacial score (nSPS) is 24.3. The van der Waals surface area contributed by atoms with Gasteiger partial charge in [-0.25, -0.2) is 0 Å². The van der Waals surface area contributed by atoms with E-state index in [9.17, 15) is 14.4 Å². The highest BCUT2D eigenvalue weighted by molar-refractivity contribution is 7.12. The number of hydrogen-bond acceptors (Lipinski definition) is 5. The first kappa shape index (κ1) is 24.1. The summed E-state index contributed by atoms with van der Waals surface area (Å²) in [5.74, 6) is -1.65. The number of rotatable bonds is 4. The van der Waals surface area contributed by atoms with E-state index in [2.05, 4.69) is 5.32 Å². The van der Waals surface area contributed by atoms with E-state index in [1.54, 1.807) is 24.3 Å². The number of carbonyl (C=O) groups excluding carboxylic acids is 3. The number of nitrogens with one attached hydrogen (secondary N) is 1. The Labute approximate surface area is 234 Å². The molecule has 3 aliphatic heterocycles. The molecule has 0 radical (unpaired) electrons. The minimum Gasteiger partial charge on any atom is -0.352 e. The Hall–Kier alpha value is -4.00. The SMILES string of the molecule is Cc1ccc(C(=O)[C@H]2[C@@H](C(=O)c3cccs3)N3c4ccc(Cl)cc4C=C[C@@H]3[C@]23C(=O)Nc2ccccc23)cc1. The van der Waals surface area contributed by atoms with Crippen molar-refractivity contribution < 1.29 is 14.4 Å². The predicted octanol–water partition coefficient (Wildman–Crippen LogP) is 6.57. The molecule has 3 aromatic carbocycles. The molecule has 4 aromatic rings. The number of Topliss-reactive ketones (excluding diaryl/α,β-unsaturated/α-hetero) is 2. The first-order valence-electron chi connectivity index (χ1n) is 12.8. The highest BCUT2D eigenvalue weighted by atomic mass is 35.5. The summed E-state index contributed by atoms with van der Waals surface area (Å²) in [5.41, 5.74) is 3.21. The van der Waals surface area contributed by atoms with Gasteiger partial charge in [-0.15, -0.1) is 11.3 Å². The van der Waals surface area contributed by atoms with Crippen LogP contribution in [0.1, 0.15) is 36.7 Å². The summed E-state index contributed by atoms with van der Waals surface area (Å²) in [4.78, 5) is 45.9. The summed E-state index contributed by atoms with van der Waals surface area (Å²) in [6.07, 6.45) is 3.90. The number of anilines is 2. The quantitative estimate of drug-likeness (QED) is 0.292. The van der Waals surface area contributed by atoms with Gasteiger partial charge in [-0.1, -0.05) is 77.8 Å². The summed E-state index contributed by atoms with van der Waals surface area (Å²) >= 11 is 7.69. The van der Waals surface area contributed by atoms with Crippen molar-refractivity contribution in [2.24, 2.45) is 5.92 Å². The van der Waals surface area contributed by atoms with E-state index in [0.29, 0.717) is 21.2 Å². The number of amides is 1. The Morgan fingerprint density at radius 3 is 2.54 bits per heavy atom. The summed E-state index contributed by atoms with van der Waals surface area (Å²) in [5, 5.41) is 5.48. The Morgan fingerprint density at radius 1 is 0.974 bits per heavy atom. The zero-order chi connectivity index (χ0) is 26.9. The lowest BCUT2D eigenvalue weighted by Crippen LogP contribution is -2.51. The average molecular weight is 551 g/mol. The standard InChI is InChI=1S/C32H23ClN2O3S/c1-18-8-10-19(11-9-18)29(36)27-28(30(37)25-7-4-16-39-25)35-24-14-13-21(33)17-20(24)12-15-26(35)32(27)22-5-2-3-6-23(22)34-31(32)38/h2-17,26-28H,1H3,(H,34,38)/t26-,27-,28+,32+/m1/s1. The third kappa shape index (κ3) is 3.35. The van der Waals surface area contributed by atoms with E-state index >= 15 is 0 Å². The number of hydrogen-bond donors (Lipinski definition) is 1. The fraction of sp³-hybridized carbons (Fsp3) is 0.156. The summed E-state index contributed by atoms with van der Waals surface area (Å²) in [6, 6.07) is 22.5. The average Bonchev–Trinajstić information content (AvgIpc) is 3.65. The zero-order valence-corrected chi connectivity index (χ0v) is 22.5. The fourth-order valence-corrected chi connectivity index (χ4v) is 7.49. The smallest absolute Gasteiger partial charge is 0.238 e. The van der Waals surface area contributed by atoms with Crippen molar-refractivity contribution in [2.45, 2.75) is 24.4 Å². The number of fused-ring (bicyclic) bond motifs is 6. The van der Waals surface area contributed by atoms with Crippen LogP contribution in [0.5, 0.6) is 0 Å². The molecule has 4 heterocycles. The van der Waals surface area contributed by atoms with Crippen LogP contribution < -0.4 is 10.2 Å². The number of ketones is 2. The number of para-hydroxylation sites is 1. The molecule has 1 amide bonds. The van der Waals surface area contributed by atoms with Gasteiger partial charge in [-0.3, -0.25) is 14.4 Å². The van der Waals surface area contributed by atoms with Gasteiger partial charge in [0.1, 0.15) is 11.5 Å². The van der Waals surface area contributed by atoms with Crippen LogP contribution in [0.4, 0.5) is 11.4 Å². The maximum atomic E-state index is 14.7. The third-order valence-electron chi connectivity index (χ3n) is 8.25. The number of halogens is 1. The molecule has 7 heteroatoms. The number of carbonyl (C=O) groups is 3. The second kappa shape index (κ2) is 8.76. The van der Waals surface area contributed by atoms with Gasteiger partial charge in [0, 0.05) is 22.0 Å². The largest absolute Gasteiger partial charge is 0.352 e. The van der Waals surface area contributed by atoms with E-state index in [4.69, 9.17) is 11.6 Å². The Kier molecular flexibility index (Phi) is 5.41. The topological polar surface area (TPSA) is 66.5 Å². The van der Waals surface area contributed by atoms with Crippen LogP contribution >= 0.6 is 22.9 Å². The van der Waals surface area contributed by atoms with Crippen molar-refractivity contribution in [3.8, 4) is 0 Å². The van der Waals surface area contributed by atoms with Gasteiger partial charge in [0.15, 0.2) is 11.6 Å². The molecule has 7 rings (SSSR count). The van der Waals surface area contributed by atoms with E-state index in [0.717, 1.165) is 22.4 Å². The molecular formula is C32H23ClN2O3S. The predicted molar refractivity (Wildman–Crippen MR) is 155 cm³/mol. The first-order valence-corrected chi connectivity index (χ1v) is 14.0. The lowest BCUT2D eigenvalue weighted by atomic mass is 9.64. The van der Waals surface area contributed by atoms with Crippen LogP contribution in [0.25, 0.3) is 6.08 Å². The van der Waals surface area contributed by atoms with Crippen LogP contribution in [-0.4, -0.2) is 29.6 Å². The van der Waals surface area contributed by atoms with Crippen molar-refractivity contribution in [1.29, 1.82) is 0 Å². The maximum Gasteiger partial charge on any atom is 0.238 e. The molecule has 1 saturated heterocycles. The summed E-state index contributed by atoms with van der Waals surface area (Å²) in [7, 11) is 0. The highest BCUT2D eigenvalue weighted by Gasteiger charge is 2.70. The van der Waals surface area contributed by atoms with Crippen LogP contribution in [-0.2, 0) is 10.2 Å². The van der Waals surface area contributed by atoms with Gasteiger partial charge in [0.2, 0.25) is 5.91 Å². The van der Waals surface area contributed by atoms with Crippen molar-refractivity contribution >= 4 is 57.9 Å². The van der Waals surface area contributed by atoms with Crippen LogP contribution in [0.15, 0.2) is 90.3 Å². The molecule has 3 aliphatic rings. The summed E-state index contributed by atoms with van der Waals surface area (Å²) < 4.78 is 0. The highest BCUT2D eigenvalue weighted by Crippen LogP contribution is 2.58.